The minimum Gasteiger partial charge on any atom is -0.479 e. The first-order chi connectivity index (χ1) is 8.49. The zero-order valence-corrected chi connectivity index (χ0v) is 13.5. The van der Waals surface area contributed by atoms with Crippen molar-refractivity contribution in [1.29, 1.82) is 0 Å². The molecule has 0 aromatic rings. The van der Waals surface area contributed by atoms with Gasteiger partial charge in [-0.3, -0.25) is 4.79 Å². The predicted octanol–water partition coefficient (Wildman–Crippen LogP) is 1.22. The van der Waals surface area contributed by atoms with E-state index in [0.717, 1.165) is 0 Å². The molecule has 0 radical (unpaired) electrons. The number of Topliss-reactive ketones (excluding diaryl/α,β-unsaturated/α-hetero) is 1. The van der Waals surface area contributed by atoms with E-state index in [1.807, 2.05) is 0 Å². The van der Waals surface area contributed by atoms with Gasteiger partial charge in [-0.25, -0.2) is 4.79 Å². The van der Waals surface area contributed by atoms with Crippen molar-refractivity contribution in [2.75, 3.05) is 19.8 Å². The molecular formula is C12H22O6Ti. The third-order valence-corrected chi connectivity index (χ3v) is 2.48. The number of aliphatic carboxylic acids is 1. The third kappa shape index (κ3) is 5.32. The zero-order valence-electron chi connectivity index (χ0n) is 11.9. The smallest absolute Gasteiger partial charge is 0.344 e. The number of carboxylic acid groups (broad SMARTS) is 1. The first-order valence-corrected chi connectivity index (χ1v) is 6.14. The van der Waals surface area contributed by atoms with E-state index < -0.39 is 23.6 Å². The maximum Gasteiger partial charge on any atom is 0.344 e. The Bertz CT molecular complexity index is 277. The average molecular weight is 310 g/mol. The van der Waals surface area contributed by atoms with E-state index in [4.69, 9.17) is 14.2 Å². The molecule has 0 saturated heterocycles. The summed E-state index contributed by atoms with van der Waals surface area (Å²) in [5, 5.41) is 9.25. The van der Waals surface area contributed by atoms with Crippen LogP contribution in [0.3, 0.4) is 0 Å². The van der Waals surface area contributed by atoms with Gasteiger partial charge in [0.1, 0.15) is 0 Å². The quantitative estimate of drug-likeness (QED) is 0.371. The number of carboxylic acids is 1. The molecular weight excluding hydrogens is 288 g/mol. The van der Waals surface area contributed by atoms with Crippen LogP contribution >= 0.6 is 0 Å². The molecule has 0 aliphatic carbocycles. The molecule has 7 heteroatoms. The van der Waals surface area contributed by atoms with E-state index in [9.17, 15) is 14.7 Å². The molecule has 1 unspecified atom stereocenters. The van der Waals surface area contributed by atoms with E-state index in [1.54, 1.807) is 27.7 Å². The van der Waals surface area contributed by atoms with Gasteiger partial charge in [-0.1, -0.05) is 6.92 Å². The summed E-state index contributed by atoms with van der Waals surface area (Å²) in [6, 6.07) is 0. The van der Waals surface area contributed by atoms with Crippen molar-refractivity contribution in [2.45, 2.75) is 46.0 Å². The van der Waals surface area contributed by atoms with E-state index in [2.05, 4.69) is 0 Å². The molecule has 0 fully saturated rings. The molecule has 0 saturated carbocycles. The Balaban J connectivity index is 0. The van der Waals surface area contributed by atoms with Crippen LogP contribution in [0.15, 0.2) is 0 Å². The monoisotopic (exact) mass is 310 g/mol. The fourth-order valence-corrected chi connectivity index (χ4v) is 1.60. The van der Waals surface area contributed by atoms with E-state index in [-0.39, 0.29) is 48.0 Å². The third-order valence-electron chi connectivity index (χ3n) is 2.48. The fraction of sp³-hybridized carbons (Fsp3) is 0.833. The van der Waals surface area contributed by atoms with Gasteiger partial charge < -0.3 is 19.3 Å². The van der Waals surface area contributed by atoms with Crippen molar-refractivity contribution in [3.63, 3.8) is 0 Å². The van der Waals surface area contributed by atoms with Gasteiger partial charge >= 0.3 is 5.97 Å². The molecule has 0 bridgehead atoms. The summed E-state index contributed by atoms with van der Waals surface area (Å²) >= 11 is 0. The fourth-order valence-electron chi connectivity index (χ4n) is 1.60. The van der Waals surface area contributed by atoms with Crippen LogP contribution in [-0.2, 0) is 45.5 Å². The normalized spacial score (nSPS) is 13.7. The first-order valence-electron chi connectivity index (χ1n) is 6.14. The van der Waals surface area contributed by atoms with Gasteiger partial charge in [-0.2, -0.15) is 0 Å². The minimum atomic E-state index is -1.90. The Hall–Kier alpha value is -0.266. The summed E-state index contributed by atoms with van der Waals surface area (Å²) < 4.78 is 15.4. The molecule has 0 spiro atoms. The molecule has 0 amide bonds. The number of ether oxygens (including phenoxy) is 3. The van der Waals surface area contributed by atoms with Crippen LogP contribution in [0.5, 0.6) is 0 Å². The van der Waals surface area contributed by atoms with Gasteiger partial charge in [0.2, 0.25) is 17.7 Å². The van der Waals surface area contributed by atoms with Crippen molar-refractivity contribution >= 4 is 11.8 Å². The standard InChI is InChI=1S/C12H22O6.Ti/c1-5-12(11(14)15,18-8-4)9(13)10(16-6-2)17-7-3;/h10H,5-8H2,1-4H3,(H,14,15);. The predicted molar refractivity (Wildman–Crippen MR) is 64.3 cm³/mol. The zero-order chi connectivity index (χ0) is 14.2. The SMILES string of the molecule is CCOC(OCC)C(=O)C(CC)(OCC)C(=O)O.[Ti]. The summed E-state index contributed by atoms with van der Waals surface area (Å²) in [5.74, 6) is -2.02. The summed E-state index contributed by atoms with van der Waals surface area (Å²) in [4.78, 5) is 23.6. The van der Waals surface area contributed by atoms with Gasteiger partial charge in [0.15, 0.2) is 0 Å². The molecule has 1 atom stereocenters. The largest absolute Gasteiger partial charge is 0.479 e. The van der Waals surface area contributed by atoms with Crippen LogP contribution in [0, 0.1) is 0 Å². The second-order valence-electron chi connectivity index (χ2n) is 3.53. The van der Waals surface area contributed by atoms with Crippen molar-refractivity contribution in [2.24, 2.45) is 0 Å². The molecule has 0 aromatic carbocycles. The number of hydrogen-bond acceptors (Lipinski definition) is 5. The average Bonchev–Trinajstić information content (AvgIpc) is 2.34. The maximum atomic E-state index is 12.3. The van der Waals surface area contributed by atoms with Gasteiger partial charge in [-0.15, -0.1) is 0 Å². The Morgan fingerprint density at radius 1 is 1.05 bits per heavy atom. The van der Waals surface area contributed by atoms with E-state index in [1.165, 1.54) is 0 Å². The molecule has 0 aliphatic heterocycles. The second-order valence-corrected chi connectivity index (χ2v) is 3.53. The van der Waals surface area contributed by atoms with Crippen LogP contribution in [-0.4, -0.2) is 48.6 Å². The maximum absolute atomic E-state index is 12.3. The van der Waals surface area contributed by atoms with Crippen molar-refractivity contribution in [3.05, 3.63) is 0 Å². The molecule has 6 nitrogen and oxygen atoms in total. The Kier molecular flexibility index (Phi) is 11.6. The molecule has 19 heavy (non-hydrogen) atoms. The first kappa shape index (κ1) is 21.0. The van der Waals surface area contributed by atoms with Crippen molar-refractivity contribution < 1.29 is 50.6 Å². The van der Waals surface area contributed by atoms with Gasteiger partial charge in [0.25, 0.3) is 0 Å². The van der Waals surface area contributed by atoms with E-state index in [0.29, 0.717) is 0 Å². The summed E-state index contributed by atoms with van der Waals surface area (Å²) in [6.07, 6.45) is -1.19. The Morgan fingerprint density at radius 3 is 1.79 bits per heavy atom. The molecule has 1 N–H and O–H groups in total. The topological polar surface area (TPSA) is 82.1 Å². The number of ketones is 1. The van der Waals surface area contributed by atoms with Crippen LogP contribution in [0.1, 0.15) is 34.1 Å². The summed E-state index contributed by atoms with van der Waals surface area (Å²) in [5.41, 5.74) is -1.90. The number of rotatable bonds is 10. The van der Waals surface area contributed by atoms with Gasteiger partial charge in [0.05, 0.1) is 0 Å². The second kappa shape index (κ2) is 10.5. The number of hydrogen-bond donors (Lipinski definition) is 1. The van der Waals surface area contributed by atoms with Crippen molar-refractivity contribution in [3.8, 4) is 0 Å². The molecule has 0 aliphatic rings. The number of carbonyl (C=O) groups excluding carboxylic acids is 1. The summed E-state index contributed by atoms with van der Waals surface area (Å²) in [7, 11) is 0. The Labute approximate surface area is 128 Å². The van der Waals surface area contributed by atoms with Crippen LogP contribution < -0.4 is 0 Å². The minimum absolute atomic E-state index is 0. The van der Waals surface area contributed by atoms with Crippen LogP contribution in [0.2, 0.25) is 0 Å². The van der Waals surface area contributed by atoms with Crippen molar-refractivity contribution in [1.82, 2.24) is 0 Å². The molecule has 0 heterocycles. The van der Waals surface area contributed by atoms with Gasteiger partial charge in [-0.05, 0) is 27.2 Å². The van der Waals surface area contributed by atoms with Crippen LogP contribution in [0.25, 0.3) is 0 Å². The Morgan fingerprint density at radius 2 is 1.53 bits per heavy atom. The number of carbonyl (C=O) groups is 2. The van der Waals surface area contributed by atoms with E-state index >= 15 is 0 Å². The molecule has 110 valence electrons. The molecule has 0 aromatic heterocycles. The van der Waals surface area contributed by atoms with Gasteiger partial charge in [0, 0.05) is 41.5 Å². The molecule has 0 rings (SSSR count). The summed E-state index contributed by atoms with van der Waals surface area (Å²) in [6.45, 7) is 7.25. The van der Waals surface area contributed by atoms with Crippen LogP contribution in [0.4, 0.5) is 0 Å².